The minimum Gasteiger partial charge on any atom is -0.396 e. The van der Waals surface area contributed by atoms with Gasteiger partial charge in [-0.15, -0.1) is 0 Å². The minimum absolute atomic E-state index is 0.0165. The van der Waals surface area contributed by atoms with E-state index in [2.05, 4.69) is 10.6 Å². The topological polar surface area (TPSA) is 87.4 Å². The fourth-order valence-corrected chi connectivity index (χ4v) is 1.60. The van der Waals surface area contributed by atoms with Crippen LogP contribution >= 0.6 is 0 Å². The van der Waals surface area contributed by atoms with Crippen molar-refractivity contribution in [2.75, 3.05) is 24.3 Å². The molecule has 0 aliphatic rings. The highest BCUT2D eigenvalue weighted by Gasteiger charge is 2.21. The third kappa shape index (κ3) is 3.10. The van der Waals surface area contributed by atoms with Gasteiger partial charge < -0.3 is 15.7 Å². The summed E-state index contributed by atoms with van der Waals surface area (Å²) in [6.45, 7) is 3.80. The van der Waals surface area contributed by atoms with Gasteiger partial charge in [-0.25, -0.2) is 0 Å². The number of nitro benzene ring substituents is 1. The Morgan fingerprint density at radius 2 is 2.00 bits per heavy atom. The van der Waals surface area contributed by atoms with Crippen molar-refractivity contribution in [1.29, 1.82) is 0 Å². The lowest BCUT2D eigenvalue weighted by Gasteiger charge is -2.20. The van der Waals surface area contributed by atoms with Crippen molar-refractivity contribution in [1.82, 2.24) is 0 Å². The zero-order valence-electron chi connectivity index (χ0n) is 10.8. The first-order chi connectivity index (χ1) is 8.51. The van der Waals surface area contributed by atoms with Crippen LogP contribution in [0.3, 0.4) is 0 Å². The molecule has 0 saturated carbocycles. The van der Waals surface area contributed by atoms with Crippen LogP contribution in [-0.4, -0.2) is 29.7 Å². The SMILES string of the molecule is CNc1cccc(NC(C)C(C)CO)c1[N+](=O)[O-]. The summed E-state index contributed by atoms with van der Waals surface area (Å²) >= 11 is 0. The molecular formula is C12H19N3O3. The predicted molar refractivity (Wildman–Crippen MR) is 72.0 cm³/mol. The zero-order chi connectivity index (χ0) is 13.7. The molecule has 6 nitrogen and oxygen atoms in total. The van der Waals surface area contributed by atoms with Crippen molar-refractivity contribution in [3.8, 4) is 0 Å². The minimum atomic E-state index is -0.412. The molecular weight excluding hydrogens is 234 g/mol. The summed E-state index contributed by atoms with van der Waals surface area (Å²) in [6, 6.07) is 5.02. The summed E-state index contributed by atoms with van der Waals surface area (Å²) in [5.74, 6) is 0.0165. The van der Waals surface area contributed by atoms with Crippen molar-refractivity contribution >= 4 is 17.1 Å². The molecule has 6 heteroatoms. The van der Waals surface area contributed by atoms with Gasteiger partial charge in [0.05, 0.1) is 4.92 Å². The highest BCUT2D eigenvalue weighted by molar-refractivity contribution is 5.76. The van der Waals surface area contributed by atoms with Crippen LogP contribution in [0.2, 0.25) is 0 Å². The number of nitrogens with one attached hydrogen (secondary N) is 2. The molecule has 0 aliphatic heterocycles. The molecule has 18 heavy (non-hydrogen) atoms. The molecule has 0 spiro atoms. The number of nitrogens with zero attached hydrogens (tertiary/aromatic N) is 1. The van der Waals surface area contributed by atoms with E-state index in [1.54, 1.807) is 25.2 Å². The molecule has 0 aromatic heterocycles. The summed E-state index contributed by atoms with van der Waals surface area (Å²) in [4.78, 5) is 10.7. The summed E-state index contributed by atoms with van der Waals surface area (Å²) in [5.41, 5.74) is 0.950. The second kappa shape index (κ2) is 6.20. The molecule has 0 radical (unpaired) electrons. The van der Waals surface area contributed by atoms with Crippen LogP contribution in [0, 0.1) is 16.0 Å². The third-order valence-electron chi connectivity index (χ3n) is 3.01. The van der Waals surface area contributed by atoms with E-state index in [1.165, 1.54) is 0 Å². The Kier molecular flexibility index (Phi) is 4.91. The number of nitro groups is 1. The van der Waals surface area contributed by atoms with E-state index in [4.69, 9.17) is 5.11 Å². The fourth-order valence-electron chi connectivity index (χ4n) is 1.60. The Balaban J connectivity index is 3.05. The van der Waals surface area contributed by atoms with Crippen LogP contribution in [0.25, 0.3) is 0 Å². The second-order valence-electron chi connectivity index (χ2n) is 4.30. The largest absolute Gasteiger partial charge is 0.396 e. The maximum absolute atomic E-state index is 11.1. The second-order valence-corrected chi connectivity index (χ2v) is 4.30. The quantitative estimate of drug-likeness (QED) is 0.533. The Morgan fingerprint density at radius 1 is 1.39 bits per heavy atom. The molecule has 3 N–H and O–H groups in total. The fraction of sp³-hybridized carbons (Fsp3) is 0.500. The monoisotopic (exact) mass is 253 g/mol. The van der Waals surface area contributed by atoms with E-state index in [-0.39, 0.29) is 24.3 Å². The van der Waals surface area contributed by atoms with Crippen LogP contribution in [0.5, 0.6) is 0 Å². The highest BCUT2D eigenvalue weighted by atomic mass is 16.6. The Labute approximate surface area is 106 Å². The van der Waals surface area contributed by atoms with Gasteiger partial charge in [0, 0.05) is 19.7 Å². The number of benzene rings is 1. The molecule has 0 amide bonds. The van der Waals surface area contributed by atoms with Crippen LogP contribution in [0.15, 0.2) is 18.2 Å². The third-order valence-corrected chi connectivity index (χ3v) is 3.01. The van der Waals surface area contributed by atoms with Gasteiger partial charge >= 0.3 is 5.69 Å². The van der Waals surface area contributed by atoms with Crippen LogP contribution < -0.4 is 10.6 Å². The van der Waals surface area contributed by atoms with Gasteiger partial charge in [0.15, 0.2) is 0 Å². The van der Waals surface area contributed by atoms with Crippen LogP contribution in [0.4, 0.5) is 17.1 Å². The van der Waals surface area contributed by atoms with Gasteiger partial charge in [-0.3, -0.25) is 10.1 Å². The molecule has 0 heterocycles. The van der Waals surface area contributed by atoms with Crippen LogP contribution in [-0.2, 0) is 0 Å². The van der Waals surface area contributed by atoms with Crippen molar-refractivity contribution in [2.45, 2.75) is 19.9 Å². The van der Waals surface area contributed by atoms with Gasteiger partial charge in [-0.2, -0.15) is 0 Å². The van der Waals surface area contributed by atoms with Crippen molar-refractivity contribution in [3.63, 3.8) is 0 Å². The molecule has 100 valence electrons. The Morgan fingerprint density at radius 3 is 2.50 bits per heavy atom. The smallest absolute Gasteiger partial charge is 0.315 e. The first-order valence-corrected chi connectivity index (χ1v) is 5.83. The number of aliphatic hydroxyl groups is 1. The predicted octanol–water partition coefficient (Wildman–Crippen LogP) is 2.07. The molecule has 0 bridgehead atoms. The lowest BCUT2D eigenvalue weighted by molar-refractivity contribution is -0.383. The Hall–Kier alpha value is -1.82. The standard InChI is InChI=1S/C12H19N3O3/c1-8(7-16)9(2)14-11-6-4-5-10(13-3)12(11)15(17)18/h4-6,8-9,13-14,16H,7H2,1-3H3. The molecule has 1 aromatic carbocycles. The molecule has 1 aromatic rings. The zero-order valence-corrected chi connectivity index (χ0v) is 10.8. The van der Waals surface area contributed by atoms with Gasteiger partial charge in [0.2, 0.25) is 0 Å². The van der Waals surface area contributed by atoms with E-state index < -0.39 is 4.92 Å². The normalized spacial score (nSPS) is 13.8. The summed E-state index contributed by atoms with van der Waals surface area (Å²) < 4.78 is 0. The number of rotatable bonds is 6. The lowest BCUT2D eigenvalue weighted by atomic mass is 10.0. The molecule has 0 saturated heterocycles. The van der Waals surface area contributed by atoms with E-state index >= 15 is 0 Å². The van der Waals surface area contributed by atoms with Gasteiger partial charge in [0.1, 0.15) is 11.4 Å². The number of aliphatic hydroxyl groups excluding tert-OH is 1. The average molecular weight is 253 g/mol. The maximum Gasteiger partial charge on any atom is 0.315 e. The first-order valence-electron chi connectivity index (χ1n) is 5.83. The van der Waals surface area contributed by atoms with E-state index in [9.17, 15) is 10.1 Å². The number of para-hydroxylation sites is 1. The highest BCUT2D eigenvalue weighted by Crippen LogP contribution is 2.33. The number of hydrogen-bond acceptors (Lipinski definition) is 5. The van der Waals surface area contributed by atoms with Crippen LogP contribution in [0.1, 0.15) is 13.8 Å². The molecule has 0 fully saturated rings. The first kappa shape index (κ1) is 14.2. The molecule has 1 rings (SSSR count). The van der Waals surface area contributed by atoms with Gasteiger partial charge in [-0.1, -0.05) is 13.0 Å². The molecule has 2 atom stereocenters. The van der Waals surface area contributed by atoms with E-state index in [1.807, 2.05) is 13.8 Å². The van der Waals surface area contributed by atoms with Gasteiger partial charge in [0.25, 0.3) is 0 Å². The van der Waals surface area contributed by atoms with Crippen molar-refractivity contribution in [2.24, 2.45) is 5.92 Å². The molecule has 2 unspecified atom stereocenters. The number of anilines is 2. The maximum atomic E-state index is 11.1. The lowest BCUT2D eigenvalue weighted by Crippen LogP contribution is -2.26. The summed E-state index contributed by atoms with van der Waals surface area (Å²) in [7, 11) is 1.64. The van der Waals surface area contributed by atoms with E-state index in [0.29, 0.717) is 11.4 Å². The van der Waals surface area contributed by atoms with E-state index in [0.717, 1.165) is 0 Å². The molecule has 0 aliphatic carbocycles. The average Bonchev–Trinajstić information content (AvgIpc) is 2.36. The Bertz CT molecular complexity index is 423. The number of hydrogen-bond donors (Lipinski definition) is 3. The van der Waals surface area contributed by atoms with Crippen molar-refractivity contribution in [3.05, 3.63) is 28.3 Å². The summed E-state index contributed by atoms with van der Waals surface area (Å²) in [6.07, 6.45) is 0. The van der Waals surface area contributed by atoms with Gasteiger partial charge in [-0.05, 0) is 25.0 Å². The summed E-state index contributed by atoms with van der Waals surface area (Å²) in [5, 5.41) is 26.1. The van der Waals surface area contributed by atoms with Crippen molar-refractivity contribution < 1.29 is 10.0 Å².